The molecule has 230 valence electrons. The second kappa shape index (κ2) is 8.83. The van der Waals surface area contributed by atoms with Gasteiger partial charge in [0, 0.05) is 17.4 Å². The van der Waals surface area contributed by atoms with E-state index in [0.717, 1.165) is 28.6 Å². The first-order chi connectivity index (χ1) is 20.8. The Morgan fingerprint density at radius 1 is 1.07 bits per heavy atom. The molecule has 0 radical (unpaired) electrons. The number of para-hydroxylation sites is 1. The monoisotopic (exact) mass is 595 g/mol. The van der Waals surface area contributed by atoms with E-state index < -0.39 is 46.1 Å². The smallest absolute Gasteiger partial charge is 0.407 e. The number of hydrogen-bond acceptors (Lipinski definition) is 6. The Kier molecular flexibility index (Phi) is 5.63. The molecule has 8 rings (SSSR count). The maximum Gasteiger partial charge on any atom is 0.407 e. The topological polar surface area (TPSA) is 108 Å². The molecule has 1 spiro atoms. The molecular formula is C36H39N2O6-. The molecule has 44 heavy (non-hydrogen) atoms. The average Bonchev–Trinajstić information content (AvgIpc) is 3.58. The Bertz CT molecular complexity index is 1750. The minimum absolute atomic E-state index is 0.0581. The molecular weight excluding hydrogens is 556 g/mol. The predicted molar refractivity (Wildman–Crippen MR) is 163 cm³/mol. The van der Waals surface area contributed by atoms with Crippen molar-refractivity contribution in [3.05, 3.63) is 83.1 Å². The predicted octanol–water partition coefficient (Wildman–Crippen LogP) is 5.42. The SMILES string of the molecule is C[C@@H](NC(=O)O[C@H]1C[C@H]2Cc3c([n-]c4ccccc34)[C@]2(C)[C@@]2(C)CC[C@@]34O[C@@H](C(=O)C=C3[C@]12O)C(C)(C)O4)c1ccccc1. The van der Waals surface area contributed by atoms with Gasteiger partial charge < -0.3 is 29.6 Å². The van der Waals surface area contributed by atoms with Crippen LogP contribution in [0.5, 0.6) is 0 Å². The number of ketones is 1. The summed E-state index contributed by atoms with van der Waals surface area (Å²) in [6.07, 6.45) is 1.36. The lowest BCUT2D eigenvalue weighted by molar-refractivity contribution is -0.273. The zero-order chi connectivity index (χ0) is 30.9. The molecule has 2 saturated carbocycles. The number of carbonyl (C=O) groups is 2. The van der Waals surface area contributed by atoms with Crippen molar-refractivity contribution in [1.82, 2.24) is 10.3 Å². The van der Waals surface area contributed by atoms with Gasteiger partial charge in [-0.15, -0.1) is 11.2 Å². The summed E-state index contributed by atoms with van der Waals surface area (Å²) in [5.74, 6) is -1.46. The first kappa shape index (κ1) is 28.0. The number of nitrogens with one attached hydrogen (secondary N) is 1. The third kappa shape index (κ3) is 3.34. The van der Waals surface area contributed by atoms with Gasteiger partial charge in [0.15, 0.2) is 17.7 Å². The number of aliphatic hydroxyl groups is 1. The standard InChI is InChI=1S/C36H39N2O6/c1-20(21-11-7-6-8-12-21)37-31(40)42-28-18-22-17-24-23-13-9-10-14-25(23)38-29(24)34(22,5)33(4)15-16-35-27(36(28,33)41)19-26(39)30(43-35)32(2,3)44-35/h6-14,19-20,22,28,30,41H,15-18H2,1-5H3,(H,37,40)/q-1/t20-,22-,28+,30+,33-,34-,35+,36+/m1/s1. The zero-order valence-corrected chi connectivity index (χ0v) is 25.8. The summed E-state index contributed by atoms with van der Waals surface area (Å²) in [4.78, 5) is 32.4. The van der Waals surface area contributed by atoms with Crippen LogP contribution in [0.1, 0.15) is 76.7 Å². The van der Waals surface area contributed by atoms with Crippen LogP contribution in [0.4, 0.5) is 4.79 Å². The fraction of sp³-hybridized carbons (Fsp3) is 0.500. The first-order valence-corrected chi connectivity index (χ1v) is 15.8. The summed E-state index contributed by atoms with van der Waals surface area (Å²) < 4.78 is 19.3. The van der Waals surface area contributed by atoms with Crippen LogP contribution < -0.4 is 10.3 Å². The normalized spacial score (nSPS) is 38.6. The van der Waals surface area contributed by atoms with Crippen molar-refractivity contribution in [2.24, 2.45) is 11.3 Å². The minimum Gasteiger partial charge on any atom is -0.660 e. The third-order valence-corrected chi connectivity index (χ3v) is 12.0. The number of alkyl carbamates (subject to hydrolysis) is 1. The van der Waals surface area contributed by atoms with Crippen molar-refractivity contribution in [2.75, 3.05) is 0 Å². The van der Waals surface area contributed by atoms with Crippen molar-refractivity contribution < 1.29 is 28.9 Å². The van der Waals surface area contributed by atoms with E-state index in [-0.39, 0.29) is 17.7 Å². The fourth-order valence-corrected chi connectivity index (χ4v) is 9.59. The van der Waals surface area contributed by atoms with Gasteiger partial charge >= 0.3 is 6.09 Å². The summed E-state index contributed by atoms with van der Waals surface area (Å²) in [6, 6.07) is 17.6. The highest BCUT2D eigenvalue weighted by Crippen LogP contribution is 2.72. The van der Waals surface area contributed by atoms with Gasteiger partial charge in [-0.1, -0.05) is 74.0 Å². The van der Waals surface area contributed by atoms with Crippen LogP contribution in [0.2, 0.25) is 0 Å². The lowest BCUT2D eigenvalue weighted by atomic mass is 9.41. The van der Waals surface area contributed by atoms with Gasteiger partial charge in [0.05, 0.1) is 6.04 Å². The zero-order valence-electron chi connectivity index (χ0n) is 25.8. The molecule has 3 heterocycles. The molecule has 8 heteroatoms. The van der Waals surface area contributed by atoms with Crippen molar-refractivity contribution in [1.29, 1.82) is 0 Å². The second-order valence-electron chi connectivity index (χ2n) is 14.5. The molecule has 2 bridgehead atoms. The molecule has 3 aliphatic carbocycles. The molecule has 1 amide bonds. The van der Waals surface area contributed by atoms with Gasteiger partial charge in [-0.3, -0.25) is 4.79 Å². The van der Waals surface area contributed by atoms with E-state index in [1.54, 1.807) is 0 Å². The largest absolute Gasteiger partial charge is 0.660 e. The highest BCUT2D eigenvalue weighted by molar-refractivity contribution is 5.97. The average molecular weight is 596 g/mol. The quantitative estimate of drug-likeness (QED) is 0.417. The van der Waals surface area contributed by atoms with Crippen molar-refractivity contribution in [2.45, 2.75) is 101 Å². The highest BCUT2D eigenvalue weighted by Gasteiger charge is 2.77. The number of hydrogen-bond donors (Lipinski definition) is 2. The lowest BCUT2D eigenvalue weighted by Crippen LogP contribution is -2.75. The number of ether oxygens (including phenoxy) is 3. The van der Waals surface area contributed by atoms with Gasteiger partial charge in [-0.2, -0.15) is 0 Å². The maximum absolute atomic E-state index is 13.6. The van der Waals surface area contributed by atoms with E-state index in [2.05, 4.69) is 25.2 Å². The van der Waals surface area contributed by atoms with Crippen LogP contribution in [0.15, 0.2) is 66.2 Å². The van der Waals surface area contributed by atoms with Crippen molar-refractivity contribution in [3.8, 4) is 0 Å². The minimum atomic E-state index is -1.77. The van der Waals surface area contributed by atoms with E-state index >= 15 is 0 Å². The van der Waals surface area contributed by atoms with Gasteiger partial charge in [0.1, 0.15) is 17.3 Å². The second-order valence-corrected chi connectivity index (χ2v) is 14.5. The summed E-state index contributed by atoms with van der Waals surface area (Å²) in [5.41, 5.74) is 0.373. The van der Waals surface area contributed by atoms with E-state index in [0.29, 0.717) is 24.8 Å². The van der Waals surface area contributed by atoms with Gasteiger partial charge in [-0.25, -0.2) is 4.79 Å². The third-order valence-electron chi connectivity index (χ3n) is 12.0. The van der Waals surface area contributed by atoms with Crippen molar-refractivity contribution in [3.63, 3.8) is 0 Å². The Morgan fingerprint density at radius 3 is 2.57 bits per heavy atom. The first-order valence-electron chi connectivity index (χ1n) is 15.8. The van der Waals surface area contributed by atoms with Crippen LogP contribution >= 0.6 is 0 Å². The Labute approximate surface area is 257 Å². The van der Waals surface area contributed by atoms with E-state index in [1.807, 2.05) is 69.3 Å². The van der Waals surface area contributed by atoms with E-state index in [9.17, 15) is 14.7 Å². The Balaban J connectivity index is 1.25. The number of benzene rings is 2. The van der Waals surface area contributed by atoms with Gasteiger partial charge in [0.25, 0.3) is 0 Å². The van der Waals surface area contributed by atoms with Crippen LogP contribution in [0, 0.1) is 11.3 Å². The van der Waals surface area contributed by atoms with Crippen LogP contribution in [0.3, 0.4) is 0 Å². The van der Waals surface area contributed by atoms with Crippen LogP contribution in [0.25, 0.3) is 10.9 Å². The number of carbonyl (C=O) groups excluding carboxylic acids is 2. The molecule has 3 aromatic rings. The molecule has 2 aromatic carbocycles. The molecule has 2 N–H and O–H groups in total. The summed E-state index contributed by atoms with van der Waals surface area (Å²) >= 11 is 0. The molecule has 1 aromatic heterocycles. The van der Waals surface area contributed by atoms with Gasteiger partial charge in [-0.05, 0) is 68.4 Å². The summed E-state index contributed by atoms with van der Waals surface area (Å²) in [7, 11) is 0. The molecule has 3 fully saturated rings. The number of aromatic nitrogens is 1. The molecule has 8 nitrogen and oxygen atoms in total. The van der Waals surface area contributed by atoms with Crippen LogP contribution in [-0.2, 0) is 30.8 Å². The molecule has 2 aliphatic heterocycles. The maximum atomic E-state index is 13.6. The molecule has 1 saturated heterocycles. The lowest BCUT2D eigenvalue weighted by Gasteiger charge is -2.68. The Hall–Kier alpha value is -3.46. The number of amides is 1. The number of rotatable bonds is 3. The van der Waals surface area contributed by atoms with E-state index in [4.69, 9.17) is 19.2 Å². The number of nitrogens with zero attached hydrogens (tertiary/aromatic N) is 1. The highest BCUT2D eigenvalue weighted by atomic mass is 16.8. The number of fused-ring (bicyclic) bond motifs is 9. The van der Waals surface area contributed by atoms with E-state index in [1.165, 1.54) is 11.6 Å². The fourth-order valence-electron chi connectivity index (χ4n) is 9.59. The molecule has 8 atom stereocenters. The molecule has 0 unspecified atom stereocenters. The van der Waals surface area contributed by atoms with Crippen molar-refractivity contribution >= 4 is 22.8 Å². The Morgan fingerprint density at radius 2 is 1.80 bits per heavy atom. The summed E-state index contributed by atoms with van der Waals surface area (Å²) in [6.45, 7) is 9.90. The van der Waals surface area contributed by atoms with Gasteiger partial charge in [0.2, 0.25) is 0 Å². The molecule has 5 aliphatic rings. The summed E-state index contributed by atoms with van der Waals surface area (Å²) in [5, 5.41) is 17.5. The van der Waals surface area contributed by atoms with Crippen LogP contribution in [-0.4, -0.2) is 46.2 Å².